The molecule has 156 valence electrons. The number of nitrogens with two attached hydrogens (primary N) is 1. The highest BCUT2D eigenvalue weighted by atomic mass is 16.3. The van der Waals surface area contributed by atoms with Gasteiger partial charge in [-0.15, -0.1) is 0 Å². The number of para-hydroxylation sites is 1. The molecule has 0 saturated carbocycles. The van der Waals surface area contributed by atoms with Crippen molar-refractivity contribution in [3.8, 4) is 11.3 Å². The number of amides is 2. The number of nitrogens with zero attached hydrogens (tertiary/aromatic N) is 3. The van der Waals surface area contributed by atoms with E-state index in [1.807, 2.05) is 6.07 Å². The number of rotatable bonds is 7. The molecule has 0 aliphatic heterocycles. The van der Waals surface area contributed by atoms with Gasteiger partial charge in [-0.2, -0.15) is 5.10 Å². The van der Waals surface area contributed by atoms with Crippen molar-refractivity contribution in [1.29, 1.82) is 0 Å². The monoisotopic (exact) mass is 417 g/mol. The summed E-state index contributed by atoms with van der Waals surface area (Å²) in [5, 5.41) is 7.03. The molecule has 31 heavy (non-hydrogen) atoms. The Morgan fingerprint density at radius 1 is 1.13 bits per heavy atom. The number of hydrogen-bond donors (Lipinski definition) is 2. The number of aromatic nitrogens is 3. The molecule has 4 aromatic rings. The van der Waals surface area contributed by atoms with Crippen molar-refractivity contribution < 1.29 is 18.8 Å². The molecule has 0 bridgehead atoms. The lowest BCUT2D eigenvalue weighted by Crippen LogP contribution is -2.47. The Hall–Kier alpha value is -4.27. The van der Waals surface area contributed by atoms with E-state index in [9.17, 15) is 14.4 Å². The van der Waals surface area contributed by atoms with E-state index < -0.39 is 23.6 Å². The number of benzene rings is 2. The summed E-state index contributed by atoms with van der Waals surface area (Å²) in [6.07, 6.45) is 2.98. The van der Waals surface area contributed by atoms with Crippen LogP contribution in [0.2, 0.25) is 0 Å². The number of carbonyl (C=O) groups excluding carboxylic acids is 3. The normalized spacial score (nSPS) is 11.9. The zero-order chi connectivity index (χ0) is 22.0. The Bertz CT molecular complexity index is 1280. The van der Waals surface area contributed by atoms with Crippen LogP contribution in [-0.2, 0) is 23.1 Å². The third-order valence-corrected chi connectivity index (χ3v) is 4.83. The zero-order valence-corrected chi connectivity index (χ0v) is 16.6. The summed E-state index contributed by atoms with van der Waals surface area (Å²) in [6.45, 7) is 0. The average molecular weight is 417 g/mol. The summed E-state index contributed by atoms with van der Waals surface area (Å²) in [7, 11) is 1.68. The number of primary amides is 1. The highest BCUT2D eigenvalue weighted by Crippen LogP contribution is 2.29. The molecule has 1 unspecified atom stereocenters. The van der Waals surface area contributed by atoms with E-state index in [2.05, 4.69) is 15.4 Å². The first-order valence-electron chi connectivity index (χ1n) is 9.48. The van der Waals surface area contributed by atoms with E-state index in [1.165, 1.54) is 17.3 Å². The molecule has 2 heterocycles. The molecule has 9 nitrogen and oxygen atoms in total. The molecule has 0 radical (unpaired) electrons. The van der Waals surface area contributed by atoms with Gasteiger partial charge in [0.1, 0.15) is 17.3 Å². The number of oxazole rings is 1. The van der Waals surface area contributed by atoms with Gasteiger partial charge in [-0.25, -0.2) is 4.98 Å². The molecule has 2 aromatic carbocycles. The Kier molecular flexibility index (Phi) is 5.31. The van der Waals surface area contributed by atoms with Crippen LogP contribution >= 0.6 is 0 Å². The predicted molar refractivity (Wildman–Crippen MR) is 112 cm³/mol. The van der Waals surface area contributed by atoms with Crippen LogP contribution < -0.4 is 11.1 Å². The SMILES string of the molecule is Cn1cc(C(=O)NC(Cc2ccccc2)C(=O)C(N)=O)c(-c2cccc3ncoc23)n1. The van der Waals surface area contributed by atoms with E-state index in [1.54, 1.807) is 49.5 Å². The first-order chi connectivity index (χ1) is 14.9. The van der Waals surface area contributed by atoms with Crippen LogP contribution in [0.5, 0.6) is 0 Å². The quantitative estimate of drug-likeness (QED) is 0.439. The van der Waals surface area contributed by atoms with Crippen molar-refractivity contribution in [3.63, 3.8) is 0 Å². The van der Waals surface area contributed by atoms with Crippen LogP contribution in [0, 0.1) is 0 Å². The third kappa shape index (κ3) is 4.06. The molecule has 0 spiro atoms. The summed E-state index contributed by atoms with van der Waals surface area (Å²) >= 11 is 0. The maximum absolute atomic E-state index is 13.1. The number of fused-ring (bicyclic) bond motifs is 1. The summed E-state index contributed by atoms with van der Waals surface area (Å²) < 4.78 is 6.96. The van der Waals surface area contributed by atoms with E-state index in [0.29, 0.717) is 22.4 Å². The minimum atomic E-state index is -1.11. The second kappa shape index (κ2) is 8.23. The summed E-state index contributed by atoms with van der Waals surface area (Å²) in [5.41, 5.74) is 8.27. The Labute approximate surface area is 176 Å². The number of carbonyl (C=O) groups is 3. The van der Waals surface area contributed by atoms with Gasteiger partial charge in [-0.3, -0.25) is 19.1 Å². The fraction of sp³-hybridized carbons (Fsp3) is 0.136. The average Bonchev–Trinajstić information content (AvgIpc) is 3.39. The molecule has 4 rings (SSSR count). The molecule has 2 amide bonds. The standard InChI is InChI=1S/C22H19N5O4/c1-27-11-15(18(26-27)14-8-5-9-16-20(14)31-12-24-16)22(30)25-17(19(28)21(23)29)10-13-6-3-2-4-7-13/h2-9,11-12,17H,10H2,1H3,(H2,23,29)(H,25,30). The molecule has 0 saturated heterocycles. The molecule has 0 aliphatic rings. The van der Waals surface area contributed by atoms with Crippen molar-refractivity contribution >= 4 is 28.7 Å². The van der Waals surface area contributed by atoms with Gasteiger partial charge in [-0.05, 0) is 17.7 Å². The summed E-state index contributed by atoms with van der Waals surface area (Å²) in [6, 6.07) is 13.3. The van der Waals surface area contributed by atoms with Gasteiger partial charge in [0.15, 0.2) is 12.0 Å². The van der Waals surface area contributed by atoms with E-state index in [0.717, 1.165) is 5.56 Å². The minimum Gasteiger partial charge on any atom is -0.443 e. The molecular formula is C22H19N5O4. The minimum absolute atomic E-state index is 0.127. The number of ketones is 1. The van der Waals surface area contributed by atoms with Crippen molar-refractivity contribution in [1.82, 2.24) is 20.1 Å². The lowest BCUT2D eigenvalue weighted by molar-refractivity contribution is -0.137. The zero-order valence-electron chi connectivity index (χ0n) is 16.6. The maximum Gasteiger partial charge on any atom is 0.287 e. The molecule has 1 atom stereocenters. The Morgan fingerprint density at radius 2 is 1.90 bits per heavy atom. The summed E-state index contributed by atoms with van der Waals surface area (Å²) in [4.78, 5) is 41.2. The lowest BCUT2D eigenvalue weighted by Gasteiger charge is -2.16. The molecular weight excluding hydrogens is 398 g/mol. The van der Waals surface area contributed by atoms with E-state index in [-0.39, 0.29) is 12.0 Å². The van der Waals surface area contributed by atoms with E-state index in [4.69, 9.17) is 10.2 Å². The highest BCUT2D eigenvalue weighted by molar-refractivity contribution is 6.38. The molecule has 0 fully saturated rings. The van der Waals surface area contributed by atoms with Crippen molar-refractivity contribution in [2.75, 3.05) is 0 Å². The molecule has 0 aliphatic carbocycles. The van der Waals surface area contributed by atoms with Gasteiger partial charge in [0.05, 0.1) is 5.56 Å². The second-order valence-electron chi connectivity index (χ2n) is 7.02. The largest absolute Gasteiger partial charge is 0.443 e. The van der Waals surface area contributed by atoms with Crippen LogP contribution in [0.4, 0.5) is 0 Å². The van der Waals surface area contributed by atoms with Gasteiger partial charge in [0.2, 0.25) is 5.78 Å². The Balaban J connectivity index is 1.68. The Morgan fingerprint density at radius 3 is 2.65 bits per heavy atom. The van der Waals surface area contributed by atoms with Gasteiger partial charge in [-0.1, -0.05) is 36.4 Å². The summed E-state index contributed by atoms with van der Waals surface area (Å²) in [5.74, 6) is -2.55. The van der Waals surface area contributed by atoms with Gasteiger partial charge >= 0.3 is 0 Å². The lowest BCUT2D eigenvalue weighted by atomic mass is 10.0. The maximum atomic E-state index is 13.1. The molecule has 9 heteroatoms. The first-order valence-corrected chi connectivity index (χ1v) is 9.48. The highest BCUT2D eigenvalue weighted by Gasteiger charge is 2.28. The van der Waals surface area contributed by atoms with Crippen molar-refractivity contribution in [2.24, 2.45) is 12.8 Å². The number of nitrogens with one attached hydrogen (secondary N) is 1. The van der Waals surface area contributed by atoms with Crippen molar-refractivity contribution in [2.45, 2.75) is 12.5 Å². The fourth-order valence-electron chi connectivity index (χ4n) is 3.39. The van der Waals surface area contributed by atoms with Crippen molar-refractivity contribution in [3.05, 3.63) is 72.2 Å². The smallest absolute Gasteiger partial charge is 0.287 e. The van der Waals surface area contributed by atoms with E-state index >= 15 is 0 Å². The molecule has 3 N–H and O–H groups in total. The van der Waals surface area contributed by atoms with Crippen LogP contribution in [0.3, 0.4) is 0 Å². The van der Waals surface area contributed by atoms with Crippen LogP contribution in [0.1, 0.15) is 15.9 Å². The predicted octanol–water partition coefficient (Wildman–Crippen LogP) is 1.62. The third-order valence-electron chi connectivity index (χ3n) is 4.83. The van der Waals surface area contributed by atoms with Crippen LogP contribution in [0.25, 0.3) is 22.4 Å². The topological polar surface area (TPSA) is 133 Å². The van der Waals surface area contributed by atoms with Gasteiger partial charge in [0, 0.05) is 25.2 Å². The number of hydrogen-bond acceptors (Lipinski definition) is 6. The second-order valence-corrected chi connectivity index (χ2v) is 7.02. The van der Waals surface area contributed by atoms with Crippen LogP contribution in [0.15, 0.2) is 65.5 Å². The number of Topliss-reactive ketones (excluding diaryl/α,β-unsaturated/α-hetero) is 1. The van der Waals surface area contributed by atoms with Gasteiger partial charge < -0.3 is 15.5 Å². The first kappa shape index (κ1) is 20.0. The molecule has 2 aromatic heterocycles. The van der Waals surface area contributed by atoms with Gasteiger partial charge in [0.25, 0.3) is 11.8 Å². The number of aryl methyl sites for hydroxylation is 1. The van der Waals surface area contributed by atoms with Crippen LogP contribution in [-0.4, -0.2) is 38.4 Å². The fourth-order valence-corrected chi connectivity index (χ4v) is 3.39.